The van der Waals surface area contributed by atoms with Crippen LogP contribution in [-0.2, 0) is 6.54 Å². The van der Waals surface area contributed by atoms with Gasteiger partial charge in [-0.3, -0.25) is 0 Å². The second kappa shape index (κ2) is 5.37. The average molecular weight is 248 g/mol. The molecular weight excluding hydrogens is 227 g/mol. The number of hydrogen-bond donors (Lipinski definition) is 1. The number of benzene rings is 1. The molecule has 3 heteroatoms. The van der Waals surface area contributed by atoms with Crippen molar-refractivity contribution < 1.29 is 4.39 Å². The highest BCUT2D eigenvalue weighted by Crippen LogP contribution is 2.29. The predicted molar refractivity (Wildman–Crippen MR) is 70.9 cm³/mol. The second-order valence-electron chi connectivity index (χ2n) is 5.51. The summed E-state index contributed by atoms with van der Waals surface area (Å²) in [5, 5.41) is 3.49. The van der Waals surface area contributed by atoms with Crippen molar-refractivity contribution in [2.45, 2.75) is 44.3 Å². The van der Waals surface area contributed by atoms with Crippen molar-refractivity contribution in [3.63, 3.8) is 0 Å². The van der Waals surface area contributed by atoms with Crippen LogP contribution in [0.3, 0.4) is 0 Å². The van der Waals surface area contributed by atoms with Gasteiger partial charge in [0.1, 0.15) is 5.82 Å². The number of hydrogen-bond acceptors (Lipinski definition) is 2. The third-order valence-electron chi connectivity index (χ3n) is 4.13. The Balaban J connectivity index is 1.45. The maximum Gasteiger partial charge on any atom is 0.127 e. The molecule has 1 N–H and O–H groups in total. The van der Waals surface area contributed by atoms with E-state index in [-0.39, 0.29) is 5.82 Å². The van der Waals surface area contributed by atoms with Crippen LogP contribution in [0.2, 0.25) is 0 Å². The summed E-state index contributed by atoms with van der Waals surface area (Å²) in [5.74, 6) is -0.0968. The molecule has 1 aliphatic carbocycles. The van der Waals surface area contributed by atoms with Crippen LogP contribution in [0.25, 0.3) is 0 Å². The monoisotopic (exact) mass is 248 g/mol. The summed E-state index contributed by atoms with van der Waals surface area (Å²) in [5.41, 5.74) is 0.780. The molecule has 0 spiro atoms. The van der Waals surface area contributed by atoms with Crippen molar-refractivity contribution in [2.75, 3.05) is 13.1 Å². The average Bonchev–Trinajstić information content (AvgIpc) is 3.23. The molecule has 0 amide bonds. The van der Waals surface area contributed by atoms with Gasteiger partial charge >= 0.3 is 0 Å². The normalized spacial score (nSPS) is 22.3. The number of piperidine rings is 1. The van der Waals surface area contributed by atoms with Crippen LogP contribution < -0.4 is 5.32 Å². The lowest BCUT2D eigenvalue weighted by Gasteiger charge is -2.32. The molecule has 18 heavy (non-hydrogen) atoms. The van der Waals surface area contributed by atoms with Crippen molar-refractivity contribution in [2.24, 2.45) is 0 Å². The third kappa shape index (κ3) is 2.90. The Hall–Kier alpha value is -0.930. The molecule has 3 rings (SSSR count). The van der Waals surface area contributed by atoms with Gasteiger partial charge in [0.2, 0.25) is 0 Å². The summed E-state index contributed by atoms with van der Waals surface area (Å²) in [4.78, 5) is 2.61. The summed E-state index contributed by atoms with van der Waals surface area (Å²) in [6.07, 6.45) is 5.19. The van der Waals surface area contributed by atoms with E-state index in [1.54, 1.807) is 6.07 Å². The minimum Gasteiger partial charge on any atom is -0.310 e. The summed E-state index contributed by atoms with van der Waals surface area (Å²) in [7, 11) is 0. The molecular formula is C15H21FN2. The first-order chi connectivity index (χ1) is 8.83. The Bertz CT molecular complexity index is 395. The van der Waals surface area contributed by atoms with Crippen molar-refractivity contribution in [3.8, 4) is 0 Å². The van der Waals surface area contributed by atoms with Gasteiger partial charge in [-0.25, -0.2) is 4.39 Å². The quantitative estimate of drug-likeness (QED) is 0.881. The molecule has 98 valence electrons. The number of halogens is 1. The third-order valence-corrected chi connectivity index (χ3v) is 4.13. The number of likely N-dealkylation sites (tertiary alicyclic amines) is 1. The van der Waals surface area contributed by atoms with Crippen molar-refractivity contribution >= 4 is 0 Å². The zero-order valence-corrected chi connectivity index (χ0v) is 10.7. The van der Waals surface area contributed by atoms with Gasteiger partial charge in [0.15, 0.2) is 0 Å². The van der Waals surface area contributed by atoms with Gasteiger partial charge in [-0.2, -0.15) is 0 Å². The fourth-order valence-electron chi connectivity index (χ4n) is 2.80. The summed E-state index contributed by atoms with van der Waals surface area (Å²) >= 11 is 0. The Labute approximate surface area is 108 Å². The van der Waals surface area contributed by atoms with Gasteiger partial charge in [-0.05, 0) is 44.8 Å². The van der Waals surface area contributed by atoms with Crippen LogP contribution in [0, 0.1) is 5.82 Å². The molecule has 0 unspecified atom stereocenters. The maximum absolute atomic E-state index is 13.5. The first-order valence-corrected chi connectivity index (χ1v) is 7.04. The SMILES string of the molecule is Fc1ccccc1CNC1CCN(C2CC2)CC1. The first kappa shape index (κ1) is 12.1. The minimum atomic E-state index is -0.0968. The lowest BCUT2D eigenvalue weighted by Crippen LogP contribution is -2.43. The fourth-order valence-corrected chi connectivity index (χ4v) is 2.80. The zero-order chi connectivity index (χ0) is 12.4. The smallest absolute Gasteiger partial charge is 0.127 e. The van der Waals surface area contributed by atoms with Gasteiger partial charge in [0, 0.05) is 24.2 Å². The summed E-state index contributed by atoms with van der Waals surface area (Å²) in [6, 6.07) is 8.48. The van der Waals surface area contributed by atoms with Crippen LogP contribution in [0.5, 0.6) is 0 Å². The molecule has 1 aromatic rings. The van der Waals surface area contributed by atoms with E-state index in [1.165, 1.54) is 44.8 Å². The van der Waals surface area contributed by atoms with Crippen LogP contribution in [-0.4, -0.2) is 30.1 Å². The van der Waals surface area contributed by atoms with Gasteiger partial charge in [-0.15, -0.1) is 0 Å². The molecule has 2 aliphatic rings. The van der Waals surface area contributed by atoms with Gasteiger partial charge in [0.05, 0.1) is 0 Å². The Kier molecular flexibility index (Phi) is 3.62. The van der Waals surface area contributed by atoms with Crippen molar-refractivity contribution in [3.05, 3.63) is 35.6 Å². The van der Waals surface area contributed by atoms with Crippen molar-refractivity contribution in [1.82, 2.24) is 10.2 Å². The molecule has 0 atom stereocenters. The fraction of sp³-hybridized carbons (Fsp3) is 0.600. The highest BCUT2D eigenvalue weighted by Gasteiger charge is 2.31. The Morgan fingerprint density at radius 3 is 2.50 bits per heavy atom. The molecule has 0 aromatic heterocycles. The highest BCUT2D eigenvalue weighted by atomic mass is 19.1. The first-order valence-electron chi connectivity index (χ1n) is 7.04. The van der Waals surface area contributed by atoms with E-state index in [9.17, 15) is 4.39 Å². The maximum atomic E-state index is 13.5. The van der Waals surface area contributed by atoms with Gasteiger partial charge in [-0.1, -0.05) is 18.2 Å². The molecule has 1 heterocycles. The van der Waals surface area contributed by atoms with Crippen LogP contribution in [0.15, 0.2) is 24.3 Å². The molecule has 0 radical (unpaired) electrons. The van der Waals surface area contributed by atoms with E-state index in [2.05, 4.69) is 10.2 Å². The standard InChI is InChI=1S/C15H21FN2/c16-15-4-2-1-3-12(15)11-17-13-7-9-18(10-8-13)14-5-6-14/h1-4,13-14,17H,5-11H2. The lowest BCUT2D eigenvalue weighted by atomic mass is 10.0. The number of rotatable bonds is 4. The number of nitrogens with zero attached hydrogens (tertiary/aromatic N) is 1. The van der Waals surface area contributed by atoms with E-state index in [0.29, 0.717) is 12.6 Å². The summed E-state index contributed by atoms with van der Waals surface area (Å²) < 4.78 is 13.5. The molecule has 2 nitrogen and oxygen atoms in total. The highest BCUT2D eigenvalue weighted by molar-refractivity contribution is 5.17. The Morgan fingerprint density at radius 2 is 1.83 bits per heavy atom. The summed E-state index contributed by atoms with van der Waals surface area (Å²) in [6.45, 7) is 3.07. The van der Waals surface area contributed by atoms with Gasteiger partial charge < -0.3 is 10.2 Å². The molecule has 1 saturated heterocycles. The van der Waals surface area contributed by atoms with E-state index in [4.69, 9.17) is 0 Å². The van der Waals surface area contributed by atoms with E-state index in [1.807, 2.05) is 12.1 Å². The van der Waals surface area contributed by atoms with E-state index in [0.717, 1.165) is 11.6 Å². The molecule has 0 bridgehead atoms. The topological polar surface area (TPSA) is 15.3 Å². The largest absolute Gasteiger partial charge is 0.310 e. The number of nitrogens with one attached hydrogen (secondary N) is 1. The minimum absolute atomic E-state index is 0.0968. The molecule has 1 aromatic carbocycles. The Morgan fingerprint density at radius 1 is 1.11 bits per heavy atom. The van der Waals surface area contributed by atoms with Gasteiger partial charge in [0.25, 0.3) is 0 Å². The van der Waals surface area contributed by atoms with Crippen LogP contribution >= 0.6 is 0 Å². The second-order valence-corrected chi connectivity index (χ2v) is 5.51. The zero-order valence-electron chi connectivity index (χ0n) is 10.7. The lowest BCUT2D eigenvalue weighted by molar-refractivity contribution is 0.189. The molecule has 2 fully saturated rings. The van der Waals surface area contributed by atoms with E-state index >= 15 is 0 Å². The van der Waals surface area contributed by atoms with Crippen LogP contribution in [0.4, 0.5) is 4.39 Å². The molecule has 1 aliphatic heterocycles. The molecule has 1 saturated carbocycles. The van der Waals surface area contributed by atoms with Crippen LogP contribution in [0.1, 0.15) is 31.2 Å². The van der Waals surface area contributed by atoms with Crippen molar-refractivity contribution in [1.29, 1.82) is 0 Å². The van der Waals surface area contributed by atoms with E-state index < -0.39 is 0 Å². The predicted octanol–water partition coefficient (Wildman–Crippen LogP) is 2.54.